The van der Waals surface area contributed by atoms with Gasteiger partial charge in [0.15, 0.2) is 0 Å². The number of nitrogens with zero attached hydrogens (tertiary/aromatic N) is 2. The fraction of sp³-hybridized carbons (Fsp3) is 0.0667. The summed E-state index contributed by atoms with van der Waals surface area (Å²) < 4.78 is 6.00. The van der Waals surface area contributed by atoms with Crippen molar-refractivity contribution < 1.29 is 24.5 Å². The maximum atomic E-state index is 6.00. The summed E-state index contributed by atoms with van der Waals surface area (Å²) >= 11 is 0. The summed E-state index contributed by atoms with van der Waals surface area (Å²) in [6.07, 6.45) is 3.66. The first-order chi connectivity index (χ1) is 16.2. The van der Waals surface area contributed by atoms with Gasteiger partial charge in [0, 0.05) is 37.9 Å². The van der Waals surface area contributed by atoms with Crippen molar-refractivity contribution >= 4 is 21.9 Å². The first kappa shape index (κ1) is 23.6. The minimum atomic E-state index is 0. The summed E-state index contributed by atoms with van der Waals surface area (Å²) in [5.41, 5.74) is 7.97. The summed E-state index contributed by atoms with van der Waals surface area (Å²) in [6.45, 7) is 4.10. The summed E-state index contributed by atoms with van der Waals surface area (Å²) in [7, 11) is 0. The molecule has 6 rings (SSSR count). The van der Waals surface area contributed by atoms with E-state index in [4.69, 9.17) is 4.42 Å². The van der Waals surface area contributed by atoms with Gasteiger partial charge in [-0.05, 0) is 36.0 Å². The monoisotopic (exact) mass is 619 g/mol. The Morgan fingerprint density at radius 3 is 2.29 bits per heavy atom. The first-order valence-electron chi connectivity index (χ1n) is 10.8. The number of furan rings is 1. The van der Waals surface area contributed by atoms with E-state index in [0.29, 0.717) is 0 Å². The van der Waals surface area contributed by atoms with Crippen molar-refractivity contribution in [3.05, 3.63) is 121 Å². The molecule has 0 saturated heterocycles. The van der Waals surface area contributed by atoms with Crippen LogP contribution in [0.5, 0.6) is 0 Å². The molecule has 1 radical (unpaired) electrons. The van der Waals surface area contributed by atoms with Crippen LogP contribution in [0.25, 0.3) is 44.5 Å². The number of aryl methyl sites for hydroxylation is 2. The maximum absolute atomic E-state index is 6.00. The number of rotatable bonds is 2. The molecule has 0 fully saturated rings. The first-order valence-corrected chi connectivity index (χ1v) is 10.8. The molecule has 6 aromatic rings. The Morgan fingerprint density at radius 2 is 1.53 bits per heavy atom. The molecule has 4 heteroatoms. The van der Waals surface area contributed by atoms with E-state index in [1.165, 1.54) is 5.56 Å². The van der Waals surface area contributed by atoms with Gasteiger partial charge in [0.25, 0.3) is 0 Å². The normalized spacial score (nSPS) is 10.4. The van der Waals surface area contributed by atoms with Crippen molar-refractivity contribution in [2.75, 3.05) is 0 Å². The Hall–Kier alpha value is -3.59. The van der Waals surface area contributed by atoms with Gasteiger partial charge in [-0.2, -0.15) is 0 Å². The SMILES string of the molecule is Cc1cc[c-]c(-c2ccccn2)c1.Cc1ccc(-c2[c-]ccc3c2oc2ccccc23)nc1.[Ir]. The van der Waals surface area contributed by atoms with Gasteiger partial charge in [0.2, 0.25) is 0 Å². The topological polar surface area (TPSA) is 38.9 Å². The van der Waals surface area contributed by atoms with Gasteiger partial charge < -0.3 is 14.4 Å². The van der Waals surface area contributed by atoms with Crippen LogP contribution in [-0.2, 0) is 20.1 Å². The molecule has 0 aliphatic rings. The maximum Gasteiger partial charge on any atom is 0.120 e. The van der Waals surface area contributed by atoms with Gasteiger partial charge >= 0.3 is 0 Å². The van der Waals surface area contributed by atoms with E-state index in [1.54, 1.807) is 6.20 Å². The van der Waals surface area contributed by atoms with E-state index in [2.05, 4.69) is 47.2 Å². The van der Waals surface area contributed by atoms with Crippen LogP contribution in [0.1, 0.15) is 11.1 Å². The van der Waals surface area contributed by atoms with E-state index in [9.17, 15) is 0 Å². The minimum Gasteiger partial charge on any atom is -0.501 e. The summed E-state index contributed by atoms with van der Waals surface area (Å²) in [5, 5.41) is 2.24. The van der Waals surface area contributed by atoms with Crippen LogP contribution in [0.3, 0.4) is 0 Å². The summed E-state index contributed by atoms with van der Waals surface area (Å²) in [4.78, 5) is 8.74. The molecular formula is C30H22IrN2O-2. The average Bonchev–Trinajstić information content (AvgIpc) is 3.25. The molecule has 0 unspecified atom stereocenters. The number of pyridine rings is 2. The van der Waals surface area contributed by atoms with Gasteiger partial charge in [-0.1, -0.05) is 60.3 Å². The zero-order chi connectivity index (χ0) is 22.6. The zero-order valence-electron chi connectivity index (χ0n) is 18.9. The molecule has 0 bridgehead atoms. The van der Waals surface area contributed by atoms with Crippen molar-refractivity contribution in [3.8, 4) is 22.5 Å². The van der Waals surface area contributed by atoms with Crippen LogP contribution >= 0.6 is 0 Å². The Bertz CT molecular complexity index is 1520. The van der Waals surface area contributed by atoms with Crippen molar-refractivity contribution in [3.63, 3.8) is 0 Å². The van der Waals surface area contributed by atoms with E-state index in [0.717, 1.165) is 50.0 Å². The fourth-order valence-electron chi connectivity index (χ4n) is 3.75. The molecule has 0 amide bonds. The molecule has 0 saturated carbocycles. The fourth-order valence-corrected chi connectivity index (χ4v) is 3.75. The predicted octanol–water partition coefficient (Wildman–Crippen LogP) is 7.61. The Balaban J connectivity index is 0.000000171. The second-order valence-electron chi connectivity index (χ2n) is 7.91. The third-order valence-corrected chi connectivity index (χ3v) is 5.40. The summed E-state index contributed by atoms with van der Waals surface area (Å²) in [5.74, 6) is 0. The molecule has 3 aromatic heterocycles. The van der Waals surface area contributed by atoms with Crippen molar-refractivity contribution in [1.29, 1.82) is 0 Å². The molecule has 169 valence electrons. The zero-order valence-corrected chi connectivity index (χ0v) is 21.3. The molecule has 0 spiro atoms. The Morgan fingerprint density at radius 1 is 0.706 bits per heavy atom. The van der Waals surface area contributed by atoms with Gasteiger partial charge in [0.05, 0.1) is 5.58 Å². The molecule has 0 aliphatic heterocycles. The number of hydrogen-bond acceptors (Lipinski definition) is 3. The number of hydrogen-bond donors (Lipinski definition) is 0. The van der Waals surface area contributed by atoms with Gasteiger partial charge in [-0.25, -0.2) is 0 Å². The number of benzene rings is 3. The molecule has 34 heavy (non-hydrogen) atoms. The van der Waals surface area contributed by atoms with Crippen LogP contribution < -0.4 is 0 Å². The number of aromatic nitrogens is 2. The van der Waals surface area contributed by atoms with E-state index in [1.807, 2.05) is 79.9 Å². The van der Waals surface area contributed by atoms with Crippen molar-refractivity contribution in [2.45, 2.75) is 13.8 Å². The number of fused-ring (bicyclic) bond motifs is 3. The van der Waals surface area contributed by atoms with E-state index < -0.39 is 0 Å². The Labute approximate surface area is 212 Å². The number of para-hydroxylation sites is 1. The minimum absolute atomic E-state index is 0. The van der Waals surface area contributed by atoms with Crippen LogP contribution in [-0.4, -0.2) is 9.97 Å². The molecule has 0 N–H and O–H groups in total. The van der Waals surface area contributed by atoms with Crippen molar-refractivity contribution in [1.82, 2.24) is 9.97 Å². The van der Waals surface area contributed by atoms with Crippen LogP contribution in [0.4, 0.5) is 0 Å². The van der Waals surface area contributed by atoms with Crippen LogP contribution in [0, 0.1) is 26.0 Å². The second kappa shape index (κ2) is 10.6. The van der Waals surface area contributed by atoms with Gasteiger partial charge in [-0.15, -0.1) is 53.6 Å². The molecule has 3 aromatic carbocycles. The molecule has 0 aliphatic carbocycles. The van der Waals surface area contributed by atoms with Gasteiger partial charge in [-0.3, -0.25) is 0 Å². The largest absolute Gasteiger partial charge is 0.501 e. The van der Waals surface area contributed by atoms with Gasteiger partial charge in [0.1, 0.15) is 5.58 Å². The molecule has 3 heterocycles. The van der Waals surface area contributed by atoms with E-state index >= 15 is 0 Å². The third kappa shape index (κ3) is 4.99. The van der Waals surface area contributed by atoms with Crippen LogP contribution in [0.2, 0.25) is 0 Å². The molecular weight excluding hydrogens is 597 g/mol. The molecule has 0 atom stereocenters. The van der Waals surface area contributed by atoms with E-state index in [-0.39, 0.29) is 20.1 Å². The van der Waals surface area contributed by atoms with Crippen molar-refractivity contribution in [2.24, 2.45) is 0 Å². The van der Waals surface area contributed by atoms with Crippen LogP contribution in [0.15, 0.2) is 102 Å². The quantitative estimate of drug-likeness (QED) is 0.188. The standard InChI is InChI=1S/C18H12NO.C12H10N.Ir/c1-12-9-10-16(19-11-12)15-7-4-6-14-13-5-2-3-8-17(13)20-18(14)15;1-10-5-4-6-11(9-10)12-7-2-3-8-13-12;/h2-6,8-11H,1H3;2-5,7-9H,1H3;/q2*-1;. The second-order valence-corrected chi connectivity index (χ2v) is 7.91. The third-order valence-electron chi connectivity index (χ3n) is 5.40. The summed E-state index contributed by atoms with van der Waals surface area (Å²) in [6, 6.07) is 34.5. The predicted molar refractivity (Wildman–Crippen MR) is 134 cm³/mol. The smallest absolute Gasteiger partial charge is 0.120 e. The molecule has 3 nitrogen and oxygen atoms in total. The Kier molecular flexibility index (Phi) is 7.32. The average molecular weight is 619 g/mol.